The van der Waals surface area contributed by atoms with Gasteiger partial charge in [0.25, 0.3) is 0 Å². The Bertz CT molecular complexity index is 1290. The topological polar surface area (TPSA) is 74.8 Å². The number of benzene rings is 2. The highest BCUT2D eigenvalue weighted by molar-refractivity contribution is 7.89. The molecule has 2 heterocycles. The first kappa shape index (κ1) is 22.7. The summed E-state index contributed by atoms with van der Waals surface area (Å²) in [5.74, 6) is 0. The van der Waals surface area contributed by atoms with Gasteiger partial charge < -0.3 is 0 Å². The van der Waals surface area contributed by atoms with E-state index in [4.69, 9.17) is 0 Å². The highest BCUT2D eigenvalue weighted by Crippen LogP contribution is 2.89. The minimum absolute atomic E-state index is 0.105. The molecule has 2 aliphatic heterocycles. The van der Waals surface area contributed by atoms with Gasteiger partial charge >= 0.3 is 0 Å². The minimum Gasteiger partial charge on any atom is -0.207 e. The van der Waals surface area contributed by atoms with Crippen LogP contribution < -0.4 is 0 Å². The van der Waals surface area contributed by atoms with Crippen LogP contribution in [0.3, 0.4) is 0 Å². The lowest BCUT2D eigenvalue weighted by Crippen LogP contribution is -2.38. The van der Waals surface area contributed by atoms with E-state index in [1.54, 1.807) is 32.9 Å². The molecule has 2 saturated carbocycles. The lowest BCUT2D eigenvalue weighted by atomic mass is 9.77. The zero-order valence-electron chi connectivity index (χ0n) is 20.2. The first-order chi connectivity index (χ1) is 15.8. The third-order valence-electron chi connectivity index (χ3n) is 9.62. The van der Waals surface area contributed by atoms with E-state index in [2.05, 4.69) is 13.8 Å². The quantitative estimate of drug-likeness (QED) is 0.626. The van der Waals surface area contributed by atoms with Crippen molar-refractivity contribution in [3.8, 4) is 0 Å². The van der Waals surface area contributed by atoms with Gasteiger partial charge in [-0.25, -0.2) is 16.8 Å². The molecule has 2 saturated heterocycles. The molecule has 0 spiro atoms. The normalized spacial score (nSPS) is 37.4. The number of piperidine rings is 2. The zero-order chi connectivity index (χ0) is 24.4. The van der Waals surface area contributed by atoms with Gasteiger partial charge in [-0.15, -0.1) is 0 Å². The summed E-state index contributed by atoms with van der Waals surface area (Å²) >= 11 is 0. The largest absolute Gasteiger partial charge is 0.243 e. The molecule has 4 aliphatic rings. The van der Waals surface area contributed by atoms with Gasteiger partial charge in [0.15, 0.2) is 0 Å². The molecule has 0 N–H and O–H groups in total. The van der Waals surface area contributed by atoms with Crippen molar-refractivity contribution >= 4 is 20.0 Å². The van der Waals surface area contributed by atoms with Crippen molar-refractivity contribution in [3.05, 3.63) is 59.7 Å². The van der Waals surface area contributed by atoms with Crippen LogP contribution in [0.5, 0.6) is 0 Å². The fourth-order valence-electron chi connectivity index (χ4n) is 7.50. The summed E-state index contributed by atoms with van der Waals surface area (Å²) in [6.07, 6.45) is 1.93. The summed E-state index contributed by atoms with van der Waals surface area (Å²) in [5.41, 5.74) is 1.52. The Morgan fingerprint density at radius 2 is 0.912 bits per heavy atom. The van der Waals surface area contributed by atoms with Crippen LogP contribution in [0.1, 0.15) is 37.8 Å². The summed E-state index contributed by atoms with van der Waals surface area (Å²) in [6.45, 7) is 10.3. The number of rotatable bonds is 5. The van der Waals surface area contributed by atoms with Gasteiger partial charge in [-0.3, -0.25) is 0 Å². The van der Waals surface area contributed by atoms with E-state index in [1.165, 1.54) is 0 Å². The van der Waals surface area contributed by atoms with Gasteiger partial charge in [-0.2, -0.15) is 8.61 Å². The highest BCUT2D eigenvalue weighted by atomic mass is 32.2. The number of hydrogen-bond acceptors (Lipinski definition) is 4. The van der Waals surface area contributed by atoms with Crippen molar-refractivity contribution in [3.63, 3.8) is 0 Å². The van der Waals surface area contributed by atoms with Gasteiger partial charge in [0.2, 0.25) is 20.0 Å². The van der Waals surface area contributed by atoms with Crippen molar-refractivity contribution in [2.24, 2.45) is 21.7 Å². The molecule has 6 rings (SSSR count). The third kappa shape index (κ3) is 2.74. The van der Waals surface area contributed by atoms with Gasteiger partial charge in [0, 0.05) is 26.2 Å². The number of aryl methyl sites for hydroxylation is 2. The molecular weight excluding hydrogens is 468 g/mol. The minimum atomic E-state index is -3.58. The molecule has 0 radical (unpaired) electrons. The lowest BCUT2D eigenvalue weighted by Gasteiger charge is -2.29. The zero-order valence-corrected chi connectivity index (χ0v) is 21.8. The van der Waals surface area contributed by atoms with Crippen LogP contribution in [0.2, 0.25) is 0 Å². The Balaban J connectivity index is 1.30. The monoisotopic (exact) mass is 500 g/mol. The molecule has 0 amide bonds. The fraction of sp³-hybridized carbons (Fsp3) is 0.538. The summed E-state index contributed by atoms with van der Waals surface area (Å²) in [4.78, 5) is 0.674. The molecule has 182 valence electrons. The van der Waals surface area contributed by atoms with Crippen molar-refractivity contribution in [2.75, 3.05) is 26.2 Å². The van der Waals surface area contributed by atoms with E-state index in [0.29, 0.717) is 36.0 Å². The van der Waals surface area contributed by atoms with Crippen molar-refractivity contribution in [1.29, 1.82) is 0 Å². The molecule has 4 atom stereocenters. The van der Waals surface area contributed by atoms with Crippen molar-refractivity contribution in [2.45, 2.75) is 50.3 Å². The number of hydrogen-bond donors (Lipinski definition) is 0. The van der Waals surface area contributed by atoms with E-state index in [0.717, 1.165) is 24.0 Å². The third-order valence-corrected chi connectivity index (χ3v) is 13.2. The molecule has 6 nitrogen and oxygen atoms in total. The smallest absolute Gasteiger partial charge is 0.207 e. The van der Waals surface area contributed by atoms with Crippen LogP contribution in [0, 0.1) is 35.5 Å². The SMILES string of the molecule is Cc1ccc(S(=O)(=O)N2C[C@@]3(C)C[C@@]3([C@@]34CN(S(=O)(=O)c5ccc(C)cc5)C[C@]3(C)C4)C2)cc1. The number of fused-ring (bicyclic) bond motifs is 3. The predicted octanol–water partition coefficient (Wildman–Crippen LogP) is 3.81. The molecule has 4 fully saturated rings. The van der Waals surface area contributed by atoms with Crippen molar-refractivity contribution < 1.29 is 16.8 Å². The van der Waals surface area contributed by atoms with Gasteiger partial charge in [-0.1, -0.05) is 49.2 Å². The van der Waals surface area contributed by atoms with Gasteiger partial charge in [0.05, 0.1) is 9.79 Å². The summed E-state index contributed by atoms with van der Waals surface area (Å²) in [6, 6.07) is 14.1. The number of nitrogens with zero attached hydrogens (tertiary/aromatic N) is 2. The molecule has 2 aromatic carbocycles. The first-order valence-corrected chi connectivity index (χ1v) is 14.8. The molecule has 0 aromatic heterocycles. The van der Waals surface area contributed by atoms with Gasteiger partial charge in [-0.05, 0) is 72.6 Å². The van der Waals surface area contributed by atoms with Crippen molar-refractivity contribution in [1.82, 2.24) is 8.61 Å². The summed E-state index contributed by atoms with van der Waals surface area (Å²) in [7, 11) is -7.16. The maximum Gasteiger partial charge on any atom is 0.243 e. The lowest BCUT2D eigenvalue weighted by molar-refractivity contribution is 0.215. The van der Waals surface area contributed by atoms with E-state index in [9.17, 15) is 16.8 Å². The molecule has 8 heteroatoms. The highest BCUT2D eigenvalue weighted by Gasteiger charge is 2.89. The Kier molecular flexibility index (Phi) is 4.35. The second kappa shape index (κ2) is 6.52. The fourth-order valence-corrected chi connectivity index (χ4v) is 10.7. The predicted molar refractivity (Wildman–Crippen MR) is 130 cm³/mol. The molecule has 0 bridgehead atoms. The van der Waals surface area contributed by atoms with E-state index in [-0.39, 0.29) is 21.7 Å². The van der Waals surface area contributed by atoms with Crippen LogP contribution in [0.15, 0.2) is 58.3 Å². The Hall–Kier alpha value is -1.74. The average molecular weight is 501 g/mol. The van der Waals surface area contributed by atoms with E-state index < -0.39 is 20.0 Å². The van der Waals surface area contributed by atoms with Crippen LogP contribution in [-0.2, 0) is 20.0 Å². The standard InChI is InChI=1S/C26H32N2O4S2/c1-19-5-9-21(10-6-19)33(29,30)27-15-23(3)13-25(23,17-27)26-14-24(26,4)16-28(18-26)34(31,32)22-11-7-20(2)8-12-22/h5-12H,13-18H2,1-4H3/t23-,24+,25-,26+. The summed E-state index contributed by atoms with van der Waals surface area (Å²) in [5, 5.41) is 0. The Labute approximate surface area is 203 Å². The first-order valence-electron chi connectivity index (χ1n) is 11.9. The molecular formula is C26H32N2O4S2. The maximum atomic E-state index is 13.5. The van der Waals surface area contributed by atoms with E-state index >= 15 is 0 Å². The second-order valence-electron chi connectivity index (χ2n) is 11.8. The number of sulfonamides is 2. The maximum absolute atomic E-state index is 13.5. The molecule has 2 aliphatic carbocycles. The van der Waals surface area contributed by atoms with Gasteiger partial charge in [0.1, 0.15) is 0 Å². The van der Waals surface area contributed by atoms with Crippen LogP contribution in [0.25, 0.3) is 0 Å². The molecule has 2 aromatic rings. The van der Waals surface area contributed by atoms with Crippen LogP contribution in [0.4, 0.5) is 0 Å². The summed E-state index contributed by atoms with van der Waals surface area (Å²) < 4.78 is 57.2. The van der Waals surface area contributed by atoms with E-state index in [1.807, 2.05) is 38.1 Å². The second-order valence-corrected chi connectivity index (χ2v) is 15.7. The molecule has 0 unspecified atom stereocenters. The average Bonchev–Trinajstić information content (AvgIpc) is 3.47. The Morgan fingerprint density at radius 1 is 0.588 bits per heavy atom. The van der Waals surface area contributed by atoms with Crippen LogP contribution >= 0.6 is 0 Å². The Morgan fingerprint density at radius 3 is 1.24 bits per heavy atom. The van der Waals surface area contributed by atoms with Crippen LogP contribution in [-0.4, -0.2) is 51.6 Å². The molecule has 34 heavy (non-hydrogen) atoms.